The Hall–Kier alpha value is -1.75. The number of aromatic nitrogens is 1. The lowest BCUT2D eigenvalue weighted by molar-refractivity contribution is -0.144. The molecule has 0 atom stereocenters. The van der Waals surface area contributed by atoms with Crippen molar-refractivity contribution in [2.45, 2.75) is 18.8 Å². The molecule has 0 amide bonds. The van der Waals surface area contributed by atoms with Crippen molar-refractivity contribution in [2.24, 2.45) is 0 Å². The van der Waals surface area contributed by atoms with Gasteiger partial charge in [-0.1, -0.05) is 46.4 Å². The van der Waals surface area contributed by atoms with E-state index in [1.165, 1.54) is 18.2 Å². The van der Waals surface area contributed by atoms with Crippen molar-refractivity contribution in [1.82, 2.24) is 4.98 Å². The van der Waals surface area contributed by atoms with Crippen LogP contribution >= 0.6 is 46.4 Å². The first-order chi connectivity index (χ1) is 15.3. The lowest BCUT2D eigenvalue weighted by atomic mass is 10.2. The Kier molecular flexibility index (Phi) is 9.66. The first-order valence-corrected chi connectivity index (χ1v) is 10.3. The van der Waals surface area contributed by atoms with Crippen LogP contribution in [-0.2, 0) is 12.4 Å². The van der Waals surface area contributed by atoms with Gasteiger partial charge in [0.15, 0.2) is 5.75 Å². The summed E-state index contributed by atoms with van der Waals surface area (Å²) in [6.07, 6.45) is -8.36. The molecule has 2 rings (SSSR count). The number of hydrogen-bond donors (Lipinski definition) is 0. The van der Waals surface area contributed by atoms with E-state index in [1.807, 2.05) is 0 Å². The number of nitrogens with zero attached hydrogens (tertiary/aromatic N) is 1. The Morgan fingerprint density at radius 3 is 2.03 bits per heavy atom. The maximum absolute atomic E-state index is 13.1. The highest BCUT2D eigenvalue weighted by atomic mass is 35.5. The summed E-state index contributed by atoms with van der Waals surface area (Å²) < 4.78 is 93.0. The molecular formula is C19H13Cl4F6NO3. The van der Waals surface area contributed by atoms with Crippen molar-refractivity contribution < 1.29 is 40.6 Å². The van der Waals surface area contributed by atoms with Crippen LogP contribution in [0.3, 0.4) is 0 Å². The van der Waals surface area contributed by atoms with Gasteiger partial charge in [0.25, 0.3) is 0 Å². The molecule has 0 radical (unpaired) electrons. The van der Waals surface area contributed by atoms with Gasteiger partial charge in [-0.05, 0) is 12.1 Å². The summed E-state index contributed by atoms with van der Waals surface area (Å²) in [7, 11) is 0. The number of benzene rings is 1. The maximum Gasteiger partial charge on any atom is 0.421 e. The molecule has 0 aliphatic rings. The van der Waals surface area contributed by atoms with Gasteiger partial charge in [-0.2, -0.15) is 26.3 Å². The minimum atomic E-state index is -5.09. The van der Waals surface area contributed by atoms with Crippen LogP contribution < -0.4 is 14.2 Å². The van der Waals surface area contributed by atoms with Crippen LogP contribution in [0.2, 0.25) is 10.0 Å². The maximum atomic E-state index is 13.1. The van der Waals surface area contributed by atoms with Crippen molar-refractivity contribution in [1.29, 1.82) is 0 Å². The molecule has 1 heterocycles. The predicted octanol–water partition coefficient (Wildman–Crippen LogP) is 7.97. The fraction of sp³-hybridized carbons (Fsp3) is 0.316. The standard InChI is InChI=1S/C19H13Cl4F6NO3/c20-13-7-11(31-5-2-15(22)23)8-14(21)16(13)32-3-1-4-33-17-12(19(27,28)29)6-10(9-30-17)18(24,25)26/h2,6-9H,1,3-5H2. The predicted molar refractivity (Wildman–Crippen MR) is 112 cm³/mol. The van der Waals surface area contributed by atoms with Gasteiger partial charge in [-0.3, -0.25) is 0 Å². The number of hydrogen-bond acceptors (Lipinski definition) is 4. The molecule has 0 aliphatic carbocycles. The summed E-state index contributed by atoms with van der Waals surface area (Å²) in [6, 6.07) is 2.77. The fourth-order valence-corrected chi connectivity index (χ4v) is 2.99. The smallest absolute Gasteiger partial charge is 0.421 e. The molecule has 1 aromatic carbocycles. The normalized spacial score (nSPS) is 11.8. The molecule has 182 valence electrons. The Labute approximate surface area is 203 Å². The zero-order chi connectivity index (χ0) is 24.8. The van der Waals surface area contributed by atoms with E-state index in [9.17, 15) is 26.3 Å². The molecule has 0 aliphatic heterocycles. The number of alkyl halides is 6. The molecule has 1 aromatic heterocycles. The SMILES string of the molecule is FC(F)(F)c1cnc(OCCCOc2c(Cl)cc(OCC=C(Cl)Cl)cc2Cl)c(C(F)(F)F)c1. The first-order valence-electron chi connectivity index (χ1n) is 8.82. The molecule has 0 fully saturated rings. The van der Waals surface area contributed by atoms with Crippen molar-refractivity contribution in [3.8, 4) is 17.4 Å². The third kappa shape index (κ3) is 8.51. The van der Waals surface area contributed by atoms with Gasteiger partial charge in [-0.15, -0.1) is 0 Å². The van der Waals surface area contributed by atoms with Crippen LogP contribution in [0.1, 0.15) is 17.5 Å². The Balaban J connectivity index is 1.95. The van der Waals surface area contributed by atoms with Gasteiger partial charge in [0.1, 0.15) is 22.4 Å². The van der Waals surface area contributed by atoms with E-state index in [0.29, 0.717) is 5.75 Å². The lowest BCUT2D eigenvalue weighted by Crippen LogP contribution is -2.15. The molecule has 0 unspecified atom stereocenters. The zero-order valence-electron chi connectivity index (χ0n) is 16.2. The van der Waals surface area contributed by atoms with E-state index < -0.39 is 29.4 Å². The summed E-state index contributed by atoms with van der Waals surface area (Å²) in [5.74, 6) is -0.570. The van der Waals surface area contributed by atoms with E-state index in [1.54, 1.807) is 0 Å². The molecule has 0 N–H and O–H groups in total. The second kappa shape index (κ2) is 11.6. The zero-order valence-corrected chi connectivity index (χ0v) is 19.2. The van der Waals surface area contributed by atoms with Gasteiger partial charge in [-0.25, -0.2) is 4.98 Å². The molecule has 2 aromatic rings. The molecular weight excluding hydrogens is 546 g/mol. The Morgan fingerprint density at radius 2 is 1.48 bits per heavy atom. The van der Waals surface area contributed by atoms with Crippen molar-refractivity contribution in [3.63, 3.8) is 0 Å². The van der Waals surface area contributed by atoms with Gasteiger partial charge in [0.05, 0.1) is 28.8 Å². The Bertz CT molecular complexity index is 971. The number of pyridine rings is 1. The van der Waals surface area contributed by atoms with Gasteiger partial charge < -0.3 is 14.2 Å². The van der Waals surface area contributed by atoms with E-state index in [4.69, 9.17) is 60.6 Å². The van der Waals surface area contributed by atoms with Crippen molar-refractivity contribution >= 4 is 46.4 Å². The Morgan fingerprint density at radius 1 is 0.879 bits per heavy atom. The highest BCUT2D eigenvalue weighted by Crippen LogP contribution is 2.39. The van der Waals surface area contributed by atoms with Gasteiger partial charge in [0.2, 0.25) is 5.88 Å². The van der Waals surface area contributed by atoms with Crippen LogP contribution in [0.5, 0.6) is 17.4 Å². The van der Waals surface area contributed by atoms with Crippen molar-refractivity contribution in [2.75, 3.05) is 19.8 Å². The minimum Gasteiger partial charge on any atom is -0.490 e. The average molecular weight is 559 g/mol. The quantitative estimate of drug-likeness (QED) is 0.231. The third-order valence-electron chi connectivity index (χ3n) is 3.72. The van der Waals surface area contributed by atoms with E-state index in [-0.39, 0.29) is 58.8 Å². The van der Waals surface area contributed by atoms with Crippen LogP contribution in [0, 0.1) is 0 Å². The number of ether oxygens (including phenoxy) is 3. The molecule has 0 saturated carbocycles. The highest BCUT2D eigenvalue weighted by molar-refractivity contribution is 6.55. The number of rotatable bonds is 9. The molecule has 4 nitrogen and oxygen atoms in total. The van der Waals surface area contributed by atoms with Crippen LogP contribution in [-0.4, -0.2) is 24.8 Å². The summed E-state index contributed by atoms with van der Waals surface area (Å²) in [5.41, 5.74) is -3.17. The monoisotopic (exact) mass is 557 g/mol. The van der Waals surface area contributed by atoms with Gasteiger partial charge in [0, 0.05) is 24.8 Å². The lowest BCUT2D eigenvalue weighted by Gasteiger charge is -2.16. The van der Waals surface area contributed by atoms with E-state index in [0.717, 1.165) is 0 Å². The average Bonchev–Trinajstić information content (AvgIpc) is 2.67. The fourth-order valence-electron chi connectivity index (χ4n) is 2.29. The van der Waals surface area contributed by atoms with E-state index in [2.05, 4.69) is 4.98 Å². The molecule has 0 bridgehead atoms. The molecule has 33 heavy (non-hydrogen) atoms. The minimum absolute atomic E-state index is 0.0169. The molecule has 14 heteroatoms. The topological polar surface area (TPSA) is 40.6 Å². The van der Waals surface area contributed by atoms with Crippen LogP contribution in [0.15, 0.2) is 35.0 Å². The summed E-state index contributed by atoms with van der Waals surface area (Å²) in [6.45, 7) is -0.347. The summed E-state index contributed by atoms with van der Waals surface area (Å²) in [5, 5.41) is 0.200. The van der Waals surface area contributed by atoms with Crippen LogP contribution in [0.4, 0.5) is 26.3 Å². The largest absolute Gasteiger partial charge is 0.490 e. The third-order valence-corrected chi connectivity index (χ3v) is 4.59. The second-order valence-corrected chi connectivity index (χ2v) is 7.97. The van der Waals surface area contributed by atoms with E-state index >= 15 is 0 Å². The molecule has 0 saturated heterocycles. The summed E-state index contributed by atoms with van der Waals surface area (Å²) in [4.78, 5) is 3.16. The number of halogens is 10. The van der Waals surface area contributed by atoms with Gasteiger partial charge >= 0.3 is 12.4 Å². The highest BCUT2D eigenvalue weighted by Gasteiger charge is 2.39. The first kappa shape index (κ1) is 27.5. The molecule has 0 spiro atoms. The second-order valence-electron chi connectivity index (χ2n) is 6.14. The van der Waals surface area contributed by atoms with Crippen molar-refractivity contribution in [3.05, 3.63) is 56.1 Å². The summed E-state index contributed by atoms with van der Waals surface area (Å²) >= 11 is 23.1. The van der Waals surface area contributed by atoms with Crippen LogP contribution in [0.25, 0.3) is 0 Å².